The van der Waals surface area contributed by atoms with Crippen LogP contribution in [-0.2, 0) is 22.6 Å². The summed E-state index contributed by atoms with van der Waals surface area (Å²) in [7, 11) is 0. The quantitative estimate of drug-likeness (QED) is 0.405. The van der Waals surface area contributed by atoms with Crippen LogP contribution in [0.2, 0.25) is 0 Å². The molecule has 2 rings (SSSR count). The number of nitrogens with zero attached hydrogens (tertiary/aromatic N) is 1. The van der Waals surface area contributed by atoms with E-state index in [-0.39, 0.29) is 43.5 Å². The Kier molecular flexibility index (Phi) is 9.26. The van der Waals surface area contributed by atoms with Gasteiger partial charge in [-0.3, -0.25) is 9.59 Å². The van der Waals surface area contributed by atoms with Gasteiger partial charge in [-0.25, -0.2) is 13.6 Å². The molecule has 0 aliphatic carbocycles. The highest BCUT2D eigenvalue weighted by Crippen LogP contribution is 2.18. The van der Waals surface area contributed by atoms with Crippen LogP contribution < -0.4 is 15.5 Å². The molecule has 0 spiro atoms. The maximum absolute atomic E-state index is 13.9. The van der Waals surface area contributed by atoms with E-state index in [0.29, 0.717) is 18.8 Å². The highest BCUT2D eigenvalue weighted by molar-refractivity contribution is 5.97. The third kappa shape index (κ3) is 6.71. The lowest BCUT2D eigenvalue weighted by molar-refractivity contribution is -0.108. The summed E-state index contributed by atoms with van der Waals surface area (Å²) in [6.07, 6.45) is 2.10. The van der Waals surface area contributed by atoms with Gasteiger partial charge in [0, 0.05) is 24.4 Å². The van der Waals surface area contributed by atoms with Gasteiger partial charge >= 0.3 is 5.97 Å². The van der Waals surface area contributed by atoms with Crippen LogP contribution in [0.5, 0.6) is 5.75 Å². The second-order valence-electron chi connectivity index (χ2n) is 7.54. The van der Waals surface area contributed by atoms with Crippen molar-refractivity contribution in [3.63, 3.8) is 0 Å². The number of carbonyl (C=O) groups excluding carboxylic acids is 3. The van der Waals surface area contributed by atoms with Crippen LogP contribution in [0, 0.1) is 17.6 Å². The summed E-state index contributed by atoms with van der Waals surface area (Å²) < 4.78 is 38.6. The molecule has 1 heterocycles. The Morgan fingerprint density at radius 1 is 1.24 bits per heavy atom. The Morgan fingerprint density at radius 2 is 1.97 bits per heavy atom. The zero-order valence-corrected chi connectivity index (χ0v) is 18.7. The molecule has 0 saturated carbocycles. The number of halogens is 2. The minimum atomic E-state index is -0.882. The first-order valence-electron chi connectivity index (χ1n) is 10.4. The number of nitrogens with one attached hydrogen (secondary N) is 1. The second-order valence-corrected chi connectivity index (χ2v) is 7.54. The molecular formula is C23H26F2N2O6. The molecule has 0 aliphatic heterocycles. The van der Waals surface area contributed by atoms with Gasteiger partial charge in [-0.2, -0.15) is 0 Å². The van der Waals surface area contributed by atoms with Crippen molar-refractivity contribution in [3.05, 3.63) is 63.1 Å². The lowest BCUT2D eigenvalue weighted by atomic mass is 10.1. The van der Waals surface area contributed by atoms with Crippen LogP contribution in [0.25, 0.3) is 0 Å². The van der Waals surface area contributed by atoms with Gasteiger partial charge in [-0.15, -0.1) is 0 Å². The Labute approximate surface area is 189 Å². The van der Waals surface area contributed by atoms with Crippen LogP contribution in [0.1, 0.15) is 53.6 Å². The summed E-state index contributed by atoms with van der Waals surface area (Å²) in [6, 6.07) is 2.88. The Hall–Kier alpha value is -3.56. The third-order valence-electron chi connectivity index (χ3n) is 4.62. The first-order chi connectivity index (χ1) is 15.7. The molecule has 1 aromatic heterocycles. The summed E-state index contributed by atoms with van der Waals surface area (Å²) in [5.41, 5.74) is -1.55. The fourth-order valence-corrected chi connectivity index (χ4v) is 2.90. The van der Waals surface area contributed by atoms with Crippen molar-refractivity contribution < 1.29 is 32.6 Å². The van der Waals surface area contributed by atoms with Crippen molar-refractivity contribution in [2.45, 2.75) is 40.3 Å². The van der Waals surface area contributed by atoms with E-state index in [4.69, 9.17) is 9.47 Å². The van der Waals surface area contributed by atoms with E-state index in [1.807, 2.05) is 13.8 Å². The Morgan fingerprint density at radius 3 is 2.58 bits per heavy atom. The first kappa shape index (κ1) is 25.7. The van der Waals surface area contributed by atoms with E-state index >= 15 is 0 Å². The molecular weight excluding hydrogens is 438 g/mol. The van der Waals surface area contributed by atoms with E-state index in [1.54, 1.807) is 6.92 Å². The highest BCUT2D eigenvalue weighted by Gasteiger charge is 2.26. The molecule has 0 unspecified atom stereocenters. The van der Waals surface area contributed by atoms with Gasteiger partial charge in [0.05, 0.1) is 19.8 Å². The first-order valence-corrected chi connectivity index (χ1v) is 10.4. The Balaban J connectivity index is 2.46. The third-order valence-corrected chi connectivity index (χ3v) is 4.62. The maximum atomic E-state index is 13.9. The predicted octanol–water partition coefficient (Wildman–Crippen LogP) is 2.86. The topological polar surface area (TPSA) is 104 Å². The smallest absolute Gasteiger partial charge is 0.359 e. The number of hydrogen-bond donors (Lipinski definition) is 1. The molecule has 0 bridgehead atoms. The van der Waals surface area contributed by atoms with Crippen LogP contribution in [0.4, 0.5) is 8.78 Å². The van der Waals surface area contributed by atoms with E-state index in [2.05, 4.69) is 5.32 Å². The van der Waals surface area contributed by atoms with Gasteiger partial charge in [0.25, 0.3) is 5.91 Å². The number of ether oxygens (including phenoxy) is 2. The van der Waals surface area contributed by atoms with Gasteiger partial charge in [0.15, 0.2) is 11.4 Å². The lowest BCUT2D eigenvalue weighted by Crippen LogP contribution is -2.33. The standard InChI is InChI=1S/C23H26F2N2O6/c1-4-32-23(31)19-21(33-10-7-14(2)3)20(29)17(13-27(19)8-9-28)22(30)26-12-15-5-6-16(24)11-18(15)25/h5-6,9,11,13-14H,4,7-8,10,12H2,1-3H3,(H,26,30). The number of carbonyl (C=O) groups is 3. The SMILES string of the molecule is CCOC(=O)c1c(OCCC(C)C)c(=O)c(C(=O)NCc2ccc(F)cc2F)cn1CC=O. The van der Waals surface area contributed by atoms with E-state index in [0.717, 1.165) is 16.8 Å². The predicted molar refractivity (Wildman–Crippen MR) is 115 cm³/mol. The molecule has 178 valence electrons. The Bertz CT molecular complexity index is 1080. The molecule has 10 heteroatoms. The molecule has 0 saturated heterocycles. The number of benzene rings is 1. The normalized spacial score (nSPS) is 10.7. The summed E-state index contributed by atoms with van der Waals surface area (Å²) in [4.78, 5) is 49.5. The minimum absolute atomic E-state index is 0.00881. The van der Waals surface area contributed by atoms with Gasteiger partial charge in [-0.05, 0) is 25.3 Å². The van der Waals surface area contributed by atoms with E-state index < -0.39 is 40.3 Å². The second kappa shape index (κ2) is 11.9. The maximum Gasteiger partial charge on any atom is 0.359 e. The van der Waals surface area contributed by atoms with Gasteiger partial charge in [-0.1, -0.05) is 19.9 Å². The number of aldehydes is 1. The van der Waals surface area contributed by atoms with E-state index in [9.17, 15) is 28.0 Å². The number of aromatic nitrogens is 1. The molecule has 1 amide bonds. The molecule has 1 aromatic carbocycles. The summed E-state index contributed by atoms with van der Waals surface area (Å²) in [6.45, 7) is 4.91. The average molecular weight is 464 g/mol. The van der Waals surface area contributed by atoms with Crippen molar-refractivity contribution in [2.75, 3.05) is 13.2 Å². The summed E-state index contributed by atoms with van der Waals surface area (Å²) in [5.74, 6) is -3.55. The van der Waals surface area contributed by atoms with Crippen LogP contribution in [-0.4, -0.2) is 35.9 Å². The fraction of sp³-hybridized carbons (Fsp3) is 0.391. The number of hydrogen-bond acceptors (Lipinski definition) is 6. The fourth-order valence-electron chi connectivity index (χ4n) is 2.90. The summed E-state index contributed by atoms with van der Waals surface area (Å²) >= 11 is 0. The van der Waals surface area contributed by atoms with Crippen molar-refractivity contribution in [2.24, 2.45) is 5.92 Å². The highest BCUT2D eigenvalue weighted by atomic mass is 19.1. The van der Waals surface area contributed by atoms with Crippen LogP contribution in [0.15, 0.2) is 29.2 Å². The number of esters is 1. The molecule has 8 nitrogen and oxygen atoms in total. The molecule has 0 aliphatic rings. The molecule has 1 N–H and O–H groups in total. The molecule has 2 aromatic rings. The number of pyridine rings is 1. The van der Waals surface area contributed by atoms with Gasteiger partial charge in [0.1, 0.15) is 23.5 Å². The van der Waals surface area contributed by atoms with Crippen molar-refractivity contribution >= 4 is 18.2 Å². The van der Waals surface area contributed by atoms with Crippen molar-refractivity contribution in [1.82, 2.24) is 9.88 Å². The zero-order chi connectivity index (χ0) is 24.5. The van der Waals surface area contributed by atoms with Gasteiger partial charge in [0.2, 0.25) is 5.43 Å². The van der Waals surface area contributed by atoms with Crippen molar-refractivity contribution in [1.29, 1.82) is 0 Å². The monoisotopic (exact) mass is 464 g/mol. The summed E-state index contributed by atoms with van der Waals surface area (Å²) in [5, 5.41) is 2.39. The average Bonchev–Trinajstić information content (AvgIpc) is 2.74. The minimum Gasteiger partial charge on any atom is -0.487 e. The van der Waals surface area contributed by atoms with Gasteiger partial charge < -0.3 is 24.2 Å². The molecule has 0 fully saturated rings. The zero-order valence-electron chi connectivity index (χ0n) is 18.7. The van der Waals surface area contributed by atoms with E-state index in [1.165, 1.54) is 6.07 Å². The van der Waals surface area contributed by atoms with Crippen LogP contribution in [0.3, 0.4) is 0 Å². The van der Waals surface area contributed by atoms with Crippen molar-refractivity contribution in [3.8, 4) is 5.75 Å². The molecule has 33 heavy (non-hydrogen) atoms. The number of rotatable bonds is 11. The number of amides is 1. The van der Waals surface area contributed by atoms with Crippen LogP contribution >= 0.6 is 0 Å². The molecule has 0 atom stereocenters. The molecule has 0 radical (unpaired) electrons. The largest absolute Gasteiger partial charge is 0.487 e. The lowest BCUT2D eigenvalue weighted by Gasteiger charge is -2.17.